The molecule has 2 aliphatic rings. The van der Waals surface area contributed by atoms with Gasteiger partial charge in [0.25, 0.3) is 11.5 Å². The normalized spacial score (nSPS) is 21.0. The standard InChI is InChI=1S/C23H19N3O5S3/c1-14-5-7-16(8-6-14)31-20-17(21(27)25-10-3-2-4-19(25)24-20)12-18-22(28)26(23(32)33-18)15-9-11-34(29,30)13-15/h2-8,10,12,15H,9,11,13H2,1H3/b18-12-/t15-/m1/s1. The Labute approximate surface area is 205 Å². The number of ether oxygens (including phenoxy) is 1. The van der Waals surface area contributed by atoms with Crippen molar-refractivity contribution in [2.75, 3.05) is 11.5 Å². The summed E-state index contributed by atoms with van der Waals surface area (Å²) in [5.74, 6) is 0.0493. The summed E-state index contributed by atoms with van der Waals surface area (Å²) in [4.78, 5) is 32.6. The molecule has 174 valence electrons. The van der Waals surface area contributed by atoms with E-state index in [9.17, 15) is 18.0 Å². The highest BCUT2D eigenvalue weighted by Gasteiger charge is 2.42. The van der Waals surface area contributed by atoms with E-state index in [2.05, 4.69) is 4.98 Å². The van der Waals surface area contributed by atoms with E-state index < -0.39 is 27.3 Å². The molecule has 2 fully saturated rings. The third-order valence-electron chi connectivity index (χ3n) is 5.64. The first-order valence-electron chi connectivity index (χ1n) is 10.5. The number of fused-ring (bicyclic) bond motifs is 1. The molecule has 1 amide bonds. The van der Waals surface area contributed by atoms with E-state index >= 15 is 0 Å². The maximum atomic E-state index is 13.3. The summed E-state index contributed by atoms with van der Waals surface area (Å²) in [6, 6.07) is 12.0. The van der Waals surface area contributed by atoms with E-state index in [0.29, 0.717) is 17.8 Å². The fraction of sp³-hybridized carbons (Fsp3) is 0.217. The van der Waals surface area contributed by atoms with Gasteiger partial charge in [-0.15, -0.1) is 0 Å². The van der Waals surface area contributed by atoms with E-state index in [4.69, 9.17) is 17.0 Å². The maximum absolute atomic E-state index is 13.3. The number of thiocarbonyl (C=S) groups is 1. The number of aromatic nitrogens is 2. The summed E-state index contributed by atoms with van der Waals surface area (Å²) < 4.78 is 31.4. The topological polar surface area (TPSA) is 98.1 Å². The third kappa shape index (κ3) is 4.26. The molecule has 5 rings (SSSR count). The highest BCUT2D eigenvalue weighted by Crippen LogP contribution is 2.37. The van der Waals surface area contributed by atoms with Gasteiger partial charge in [0, 0.05) is 6.20 Å². The summed E-state index contributed by atoms with van der Waals surface area (Å²) in [6.07, 6.45) is 3.36. The predicted octanol–water partition coefficient (Wildman–Crippen LogP) is 3.18. The number of sulfone groups is 1. The lowest BCUT2D eigenvalue weighted by Crippen LogP contribution is -2.39. The molecule has 0 radical (unpaired) electrons. The molecule has 4 heterocycles. The monoisotopic (exact) mass is 513 g/mol. The summed E-state index contributed by atoms with van der Waals surface area (Å²) in [5.41, 5.74) is 1.15. The van der Waals surface area contributed by atoms with Gasteiger partial charge < -0.3 is 4.74 Å². The molecule has 0 spiro atoms. The zero-order chi connectivity index (χ0) is 24.0. The summed E-state index contributed by atoms with van der Waals surface area (Å²) in [6.45, 7) is 1.95. The molecule has 0 saturated carbocycles. The number of pyridine rings is 1. The van der Waals surface area contributed by atoms with Gasteiger partial charge in [-0.25, -0.2) is 8.42 Å². The second kappa shape index (κ2) is 8.64. The first-order chi connectivity index (χ1) is 16.2. The first-order valence-corrected chi connectivity index (χ1v) is 13.5. The average molecular weight is 514 g/mol. The maximum Gasteiger partial charge on any atom is 0.269 e. The van der Waals surface area contributed by atoms with E-state index in [1.54, 1.807) is 36.5 Å². The molecular formula is C23H19N3O5S3. The Bertz CT molecular complexity index is 1530. The second-order valence-electron chi connectivity index (χ2n) is 8.09. The van der Waals surface area contributed by atoms with Crippen molar-refractivity contribution in [2.45, 2.75) is 19.4 Å². The number of thioether (sulfide) groups is 1. The second-order valence-corrected chi connectivity index (χ2v) is 12.0. The quantitative estimate of drug-likeness (QED) is 0.388. The van der Waals surface area contributed by atoms with Crippen LogP contribution in [0.5, 0.6) is 11.6 Å². The van der Waals surface area contributed by atoms with Crippen molar-refractivity contribution in [1.82, 2.24) is 14.3 Å². The van der Waals surface area contributed by atoms with Crippen molar-refractivity contribution in [3.63, 3.8) is 0 Å². The largest absolute Gasteiger partial charge is 0.438 e. The summed E-state index contributed by atoms with van der Waals surface area (Å²) in [5, 5.41) is 0. The molecule has 0 N–H and O–H groups in total. The molecule has 0 aliphatic carbocycles. The Morgan fingerprint density at radius 1 is 1.18 bits per heavy atom. The molecule has 0 bridgehead atoms. The fourth-order valence-electron chi connectivity index (χ4n) is 3.91. The van der Waals surface area contributed by atoms with Crippen LogP contribution in [-0.4, -0.2) is 50.5 Å². The number of rotatable bonds is 4. The van der Waals surface area contributed by atoms with Crippen LogP contribution in [0.2, 0.25) is 0 Å². The van der Waals surface area contributed by atoms with Gasteiger partial charge in [0.05, 0.1) is 22.5 Å². The van der Waals surface area contributed by atoms with E-state index in [0.717, 1.165) is 17.3 Å². The number of carbonyl (C=O) groups is 1. The van der Waals surface area contributed by atoms with Crippen molar-refractivity contribution >= 4 is 55.8 Å². The summed E-state index contributed by atoms with van der Waals surface area (Å²) >= 11 is 6.42. The van der Waals surface area contributed by atoms with Gasteiger partial charge in [0.15, 0.2) is 9.84 Å². The van der Waals surface area contributed by atoms with Gasteiger partial charge in [0.2, 0.25) is 5.88 Å². The van der Waals surface area contributed by atoms with Crippen LogP contribution >= 0.6 is 24.0 Å². The molecule has 2 aliphatic heterocycles. The molecule has 8 nitrogen and oxygen atoms in total. The molecule has 11 heteroatoms. The molecule has 1 atom stereocenters. The lowest BCUT2D eigenvalue weighted by Gasteiger charge is -2.20. The number of hydrogen-bond acceptors (Lipinski definition) is 8. The number of amides is 1. The van der Waals surface area contributed by atoms with Crippen LogP contribution in [0.1, 0.15) is 17.5 Å². The molecular weight excluding hydrogens is 494 g/mol. The number of carbonyl (C=O) groups excluding carboxylic acids is 1. The highest BCUT2D eigenvalue weighted by atomic mass is 32.2. The predicted molar refractivity (Wildman–Crippen MR) is 135 cm³/mol. The van der Waals surface area contributed by atoms with Crippen molar-refractivity contribution in [1.29, 1.82) is 0 Å². The van der Waals surface area contributed by atoms with Gasteiger partial charge in [0.1, 0.15) is 21.3 Å². The molecule has 2 aromatic heterocycles. The van der Waals surface area contributed by atoms with Gasteiger partial charge >= 0.3 is 0 Å². The van der Waals surface area contributed by atoms with Crippen LogP contribution in [0.15, 0.2) is 58.4 Å². The molecule has 0 unspecified atom stereocenters. The van der Waals surface area contributed by atoms with Gasteiger partial charge in [-0.1, -0.05) is 47.7 Å². The number of hydrogen-bond donors (Lipinski definition) is 0. The molecule has 34 heavy (non-hydrogen) atoms. The lowest BCUT2D eigenvalue weighted by atomic mass is 10.2. The Kier molecular flexibility index (Phi) is 5.78. The van der Waals surface area contributed by atoms with E-state index in [-0.39, 0.29) is 32.2 Å². The lowest BCUT2D eigenvalue weighted by molar-refractivity contribution is -0.123. The van der Waals surface area contributed by atoms with Crippen LogP contribution < -0.4 is 10.3 Å². The number of benzene rings is 1. The van der Waals surface area contributed by atoms with Crippen LogP contribution in [-0.2, 0) is 14.6 Å². The van der Waals surface area contributed by atoms with Crippen molar-refractivity contribution in [3.8, 4) is 11.6 Å². The Morgan fingerprint density at radius 3 is 2.65 bits per heavy atom. The Balaban J connectivity index is 1.58. The van der Waals surface area contributed by atoms with Crippen molar-refractivity contribution < 1.29 is 17.9 Å². The average Bonchev–Trinajstić information content (AvgIpc) is 3.29. The highest BCUT2D eigenvalue weighted by molar-refractivity contribution is 8.26. The van der Waals surface area contributed by atoms with Gasteiger partial charge in [-0.05, 0) is 43.7 Å². The van der Waals surface area contributed by atoms with Crippen LogP contribution in [0.4, 0.5) is 0 Å². The smallest absolute Gasteiger partial charge is 0.269 e. The minimum Gasteiger partial charge on any atom is -0.438 e. The molecule has 2 saturated heterocycles. The minimum absolute atomic E-state index is 0.0260. The van der Waals surface area contributed by atoms with Gasteiger partial charge in [-0.3, -0.25) is 18.9 Å². The van der Waals surface area contributed by atoms with E-state index in [1.165, 1.54) is 15.4 Å². The molecule has 3 aromatic rings. The third-order valence-corrected chi connectivity index (χ3v) is 8.72. The number of aryl methyl sites for hydroxylation is 1. The minimum atomic E-state index is -3.20. The Morgan fingerprint density at radius 2 is 1.94 bits per heavy atom. The van der Waals surface area contributed by atoms with Crippen LogP contribution in [0.3, 0.4) is 0 Å². The first kappa shape index (κ1) is 22.8. The van der Waals surface area contributed by atoms with Crippen LogP contribution in [0, 0.1) is 6.92 Å². The zero-order valence-corrected chi connectivity index (χ0v) is 20.5. The fourth-order valence-corrected chi connectivity index (χ4v) is 6.99. The number of nitrogens with zero attached hydrogens (tertiary/aromatic N) is 3. The van der Waals surface area contributed by atoms with Crippen molar-refractivity contribution in [3.05, 3.63) is 75.0 Å². The van der Waals surface area contributed by atoms with Crippen LogP contribution in [0.25, 0.3) is 11.7 Å². The van der Waals surface area contributed by atoms with Crippen molar-refractivity contribution in [2.24, 2.45) is 0 Å². The van der Waals surface area contributed by atoms with Gasteiger partial charge in [-0.2, -0.15) is 4.98 Å². The summed E-state index contributed by atoms with van der Waals surface area (Å²) in [7, 11) is -3.20. The van der Waals surface area contributed by atoms with E-state index in [1.807, 2.05) is 19.1 Å². The Hall–Kier alpha value is -3.02. The molecule has 1 aromatic carbocycles. The SMILES string of the molecule is Cc1ccc(Oc2nc3ccccn3c(=O)c2/C=C2\SC(=S)N([C@@H]3CCS(=O)(=O)C3)C2=O)cc1. The zero-order valence-electron chi connectivity index (χ0n) is 18.0.